The lowest BCUT2D eigenvalue weighted by molar-refractivity contribution is -0.139. The molecule has 0 aliphatic carbocycles. The number of anilines is 1. The lowest BCUT2D eigenvalue weighted by Crippen LogP contribution is -2.40. The number of rotatable bonds is 9. The van der Waals surface area contributed by atoms with Gasteiger partial charge in [-0.25, -0.2) is 0 Å². The van der Waals surface area contributed by atoms with Crippen molar-refractivity contribution in [3.05, 3.63) is 47.7 Å². The summed E-state index contributed by atoms with van der Waals surface area (Å²) in [4.78, 5) is 26.6. The first-order valence-electron chi connectivity index (χ1n) is 9.94. The van der Waals surface area contributed by atoms with Gasteiger partial charge in [-0.05, 0) is 12.0 Å². The van der Waals surface area contributed by atoms with Crippen LogP contribution in [0.15, 0.2) is 36.4 Å². The minimum absolute atomic E-state index is 0.0165. The lowest BCUT2D eigenvalue weighted by Gasteiger charge is -2.21. The van der Waals surface area contributed by atoms with E-state index in [4.69, 9.17) is 4.74 Å². The molecule has 29 heavy (non-hydrogen) atoms. The fraction of sp³-hybridized carbons (Fsp3) is 0.500. The van der Waals surface area contributed by atoms with E-state index in [-0.39, 0.29) is 30.4 Å². The van der Waals surface area contributed by atoms with Crippen LogP contribution >= 0.6 is 0 Å². The van der Waals surface area contributed by atoms with E-state index in [1.807, 2.05) is 43.3 Å². The van der Waals surface area contributed by atoms with Crippen LogP contribution in [0.25, 0.3) is 0 Å². The fourth-order valence-electron chi connectivity index (χ4n) is 2.79. The molecule has 0 radical (unpaired) electrons. The second-order valence-corrected chi connectivity index (χ2v) is 8.13. The van der Waals surface area contributed by atoms with E-state index in [1.165, 1.54) is 4.90 Å². The number of aromatic nitrogens is 2. The van der Waals surface area contributed by atoms with Crippen molar-refractivity contribution in [2.45, 2.75) is 46.1 Å². The fourth-order valence-corrected chi connectivity index (χ4v) is 2.79. The molecule has 0 spiro atoms. The minimum atomic E-state index is -0.252. The summed E-state index contributed by atoms with van der Waals surface area (Å²) in [7, 11) is 1.79. The average Bonchev–Trinajstić information content (AvgIpc) is 3.03. The smallest absolute Gasteiger partial charge is 0.249 e. The monoisotopic (exact) mass is 400 g/mol. The van der Waals surface area contributed by atoms with Gasteiger partial charge in [0.05, 0.1) is 18.8 Å². The molecule has 0 fully saturated rings. The highest BCUT2D eigenvalue weighted by molar-refractivity contribution is 5.94. The van der Waals surface area contributed by atoms with Gasteiger partial charge in [0, 0.05) is 25.1 Å². The third kappa shape index (κ3) is 7.02. The lowest BCUT2D eigenvalue weighted by atomic mass is 9.92. The van der Waals surface area contributed by atoms with E-state index in [9.17, 15) is 9.59 Å². The van der Waals surface area contributed by atoms with Gasteiger partial charge in [0.1, 0.15) is 12.4 Å². The molecule has 0 atom stereocenters. The van der Waals surface area contributed by atoms with E-state index >= 15 is 0 Å². The van der Waals surface area contributed by atoms with Crippen LogP contribution in [0.3, 0.4) is 0 Å². The predicted molar refractivity (Wildman–Crippen MR) is 114 cm³/mol. The molecule has 0 saturated carbocycles. The van der Waals surface area contributed by atoms with E-state index in [0.717, 1.165) is 17.7 Å². The Morgan fingerprint density at radius 3 is 2.48 bits per heavy atom. The van der Waals surface area contributed by atoms with Crippen molar-refractivity contribution in [1.29, 1.82) is 0 Å². The highest BCUT2D eigenvalue weighted by atomic mass is 16.5. The summed E-state index contributed by atoms with van der Waals surface area (Å²) >= 11 is 0. The highest BCUT2D eigenvalue weighted by Gasteiger charge is 2.21. The van der Waals surface area contributed by atoms with Gasteiger partial charge in [-0.2, -0.15) is 5.10 Å². The van der Waals surface area contributed by atoms with Gasteiger partial charge < -0.3 is 15.0 Å². The standard InChI is InChI=1S/C22H32N4O3/c1-6-12-26(21(28)16-29-15-17-10-8-7-9-11-17)14-20(27)23-19-13-18(22(2,3)4)24-25(19)5/h7-11,13H,6,12,14-16H2,1-5H3,(H,23,27). The summed E-state index contributed by atoms with van der Waals surface area (Å²) in [5.74, 6) is 0.167. The van der Waals surface area contributed by atoms with Crippen LogP contribution < -0.4 is 5.32 Å². The van der Waals surface area contributed by atoms with Gasteiger partial charge in [-0.1, -0.05) is 58.0 Å². The molecule has 0 saturated heterocycles. The van der Waals surface area contributed by atoms with Crippen molar-refractivity contribution < 1.29 is 14.3 Å². The first-order chi connectivity index (χ1) is 13.7. The second kappa shape index (κ2) is 10.2. The number of nitrogens with zero attached hydrogens (tertiary/aromatic N) is 3. The minimum Gasteiger partial charge on any atom is -0.367 e. The number of hydrogen-bond donors (Lipinski definition) is 1. The average molecular weight is 401 g/mol. The number of benzene rings is 1. The molecular formula is C22H32N4O3. The number of carbonyl (C=O) groups is 2. The van der Waals surface area contributed by atoms with Crippen molar-refractivity contribution in [2.24, 2.45) is 7.05 Å². The molecule has 0 aliphatic heterocycles. The van der Waals surface area contributed by atoms with E-state index in [2.05, 4.69) is 31.2 Å². The Bertz CT molecular complexity index is 809. The van der Waals surface area contributed by atoms with Crippen LogP contribution in [-0.2, 0) is 33.4 Å². The molecule has 2 amide bonds. The Balaban J connectivity index is 1.90. The van der Waals surface area contributed by atoms with Crippen LogP contribution in [0.2, 0.25) is 0 Å². The Morgan fingerprint density at radius 1 is 1.21 bits per heavy atom. The third-order valence-corrected chi connectivity index (χ3v) is 4.43. The Hall–Kier alpha value is -2.67. The molecule has 7 heteroatoms. The Labute approximate surface area is 173 Å². The molecular weight excluding hydrogens is 368 g/mol. The van der Waals surface area contributed by atoms with Crippen LogP contribution in [-0.4, -0.2) is 46.2 Å². The first-order valence-corrected chi connectivity index (χ1v) is 9.94. The summed E-state index contributed by atoms with van der Waals surface area (Å²) in [6.45, 7) is 8.97. The topological polar surface area (TPSA) is 76.5 Å². The van der Waals surface area contributed by atoms with Gasteiger partial charge in [0.15, 0.2) is 0 Å². The molecule has 1 aromatic heterocycles. The van der Waals surface area contributed by atoms with Gasteiger partial charge in [-0.3, -0.25) is 14.3 Å². The van der Waals surface area contributed by atoms with E-state index in [0.29, 0.717) is 19.0 Å². The summed E-state index contributed by atoms with van der Waals surface area (Å²) in [5, 5.41) is 7.31. The van der Waals surface area contributed by atoms with Crippen LogP contribution in [0.1, 0.15) is 45.4 Å². The zero-order valence-electron chi connectivity index (χ0n) is 18.1. The van der Waals surface area contributed by atoms with E-state index in [1.54, 1.807) is 11.7 Å². The van der Waals surface area contributed by atoms with Crippen LogP contribution in [0, 0.1) is 0 Å². The Morgan fingerprint density at radius 2 is 1.90 bits per heavy atom. The third-order valence-electron chi connectivity index (χ3n) is 4.43. The number of hydrogen-bond acceptors (Lipinski definition) is 4. The van der Waals surface area contributed by atoms with Gasteiger partial charge in [0.25, 0.3) is 0 Å². The molecule has 158 valence electrons. The summed E-state index contributed by atoms with van der Waals surface area (Å²) < 4.78 is 7.18. The van der Waals surface area contributed by atoms with Crippen molar-refractivity contribution >= 4 is 17.6 Å². The maximum Gasteiger partial charge on any atom is 0.249 e. The van der Waals surface area contributed by atoms with Gasteiger partial charge in [0.2, 0.25) is 11.8 Å². The summed E-state index contributed by atoms with van der Waals surface area (Å²) in [6.07, 6.45) is 0.761. The van der Waals surface area contributed by atoms with Crippen molar-refractivity contribution in [2.75, 3.05) is 25.0 Å². The van der Waals surface area contributed by atoms with Gasteiger partial charge in [-0.15, -0.1) is 0 Å². The number of aryl methyl sites for hydroxylation is 1. The molecule has 0 aliphatic rings. The van der Waals surface area contributed by atoms with Crippen molar-refractivity contribution in [1.82, 2.24) is 14.7 Å². The van der Waals surface area contributed by atoms with Crippen molar-refractivity contribution in [3.63, 3.8) is 0 Å². The zero-order chi connectivity index (χ0) is 21.4. The predicted octanol–water partition coefficient (Wildman–Crippen LogP) is 3.11. The zero-order valence-corrected chi connectivity index (χ0v) is 18.1. The molecule has 2 rings (SSSR count). The van der Waals surface area contributed by atoms with E-state index < -0.39 is 0 Å². The molecule has 0 bridgehead atoms. The largest absolute Gasteiger partial charge is 0.367 e. The molecule has 7 nitrogen and oxygen atoms in total. The maximum atomic E-state index is 12.5. The Kier molecular flexibility index (Phi) is 7.96. The normalized spacial score (nSPS) is 11.3. The number of nitrogens with one attached hydrogen (secondary N) is 1. The molecule has 0 unspecified atom stereocenters. The number of ether oxygens (including phenoxy) is 1. The van der Waals surface area contributed by atoms with Crippen LogP contribution in [0.4, 0.5) is 5.82 Å². The molecule has 2 aromatic rings. The molecule has 1 N–H and O–H groups in total. The quantitative estimate of drug-likeness (QED) is 0.702. The summed E-state index contributed by atoms with van der Waals surface area (Å²) in [6, 6.07) is 11.5. The van der Waals surface area contributed by atoms with Gasteiger partial charge >= 0.3 is 0 Å². The molecule has 1 heterocycles. The van der Waals surface area contributed by atoms with Crippen molar-refractivity contribution in [3.8, 4) is 0 Å². The number of amides is 2. The maximum absolute atomic E-state index is 12.5. The first kappa shape index (κ1) is 22.6. The molecule has 1 aromatic carbocycles. The summed E-state index contributed by atoms with van der Waals surface area (Å²) in [5.41, 5.74) is 1.79. The van der Waals surface area contributed by atoms with Crippen LogP contribution in [0.5, 0.6) is 0 Å². The SMILES string of the molecule is CCCN(CC(=O)Nc1cc(C(C)(C)C)nn1C)C(=O)COCc1ccccc1. The number of carbonyl (C=O) groups excluding carboxylic acids is 2. The second-order valence-electron chi connectivity index (χ2n) is 8.13. The highest BCUT2D eigenvalue weighted by Crippen LogP contribution is 2.23.